The van der Waals surface area contributed by atoms with Crippen LogP contribution in [0.15, 0.2) is 54.6 Å². The van der Waals surface area contributed by atoms with E-state index in [-0.39, 0.29) is 50.9 Å². The van der Waals surface area contributed by atoms with Gasteiger partial charge in [-0.1, -0.05) is 90.2 Å². The zero-order chi connectivity index (χ0) is 32.3. The van der Waals surface area contributed by atoms with E-state index in [4.69, 9.17) is 20.6 Å². The Morgan fingerprint density at radius 1 is 0.593 bits per heavy atom. The van der Waals surface area contributed by atoms with Crippen LogP contribution in [0.2, 0.25) is 0 Å². The van der Waals surface area contributed by atoms with Gasteiger partial charge in [-0.05, 0) is 74.4 Å². The van der Waals surface area contributed by atoms with Crippen LogP contribution in [-0.2, 0) is 19.1 Å². The zero-order valence-electron chi connectivity index (χ0n) is 30.4. The van der Waals surface area contributed by atoms with Crippen LogP contribution in [0.5, 0.6) is 0 Å². The Hall–Kier alpha value is -2.34. The maximum atomic E-state index is 9.00. The van der Waals surface area contributed by atoms with Crippen LogP contribution < -0.4 is 0 Å². The van der Waals surface area contributed by atoms with E-state index in [9.17, 15) is 0 Å². The summed E-state index contributed by atoms with van der Waals surface area (Å²) in [5, 5.41) is 0. The van der Waals surface area contributed by atoms with E-state index in [1.54, 1.807) is 13.8 Å². The molecule has 3 rings (SSSR count). The summed E-state index contributed by atoms with van der Waals surface area (Å²) in [6.07, 6.45) is -7.04. The maximum Gasteiger partial charge on any atom is 0.0366 e. The predicted molar refractivity (Wildman–Crippen MR) is 118 cm³/mol. The quantitative estimate of drug-likeness (QED) is 0.435. The van der Waals surface area contributed by atoms with Crippen LogP contribution >= 0.6 is 0 Å². The second-order valence-corrected chi connectivity index (χ2v) is 6.47. The molecule has 0 aliphatic heterocycles. The number of aryl methyl sites for hydroxylation is 5. The van der Waals surface area contributed by atoms with Gasteiger partial charge in [-0.3, -0.25) is 0 Å². The normalized spacial score (nSPS) is 22.2. The summed E-state index contributed by atoms with van der Waals surface area (Å²) in [6.45, 7) is -4.84. The lowest BCUT2D eigenvalue weighted by Crippen LogP contribution is -1.97. The fourth-order valence-corrected chi connectivity index (χ4v) is 2.97. The van der Waals surface area contributed by atoms with Crippen molar-refractivity contribution in [1.82, 2.24) is 0 Å². The van der Waals surface area contributed by atoms with Gasteiger partial charge >= 0.3 is 0 Å². The molecule has 0 saturated heterocycles. The highest BCUT2D eigenvalue weighted by molar-refractivity contribution is 5.39. The van der Waals surface area contributed by atoms with Gasteiger partial charge in [-0.25, -0.2) is 0 Å². The summed E-state index contributed by atoms with van der Waals surface area (Å²) in [7, 11) is 0. The maximum absolute atomic E-state index is 9.00. The molecule has 0 nitrogen and oxygen atoms in total. The fourth-order valence-electron chi connectivity index (χ4n) is 2.97. The first kappa shape index (κ1) is 7.95. The van der Waals surface area contributed by atoms with Gasteiger partial charge in [-0.15, -0.1) is 0 Å². The Kier molecular flexibility index (Phi) is 2.52. The predicted octanol–water partition coefficient (Wildman–Crippen LogP) is 7.05. The largest absolute Gasteiger partial charge is 0.0651 e. The minimum Gasteiger partial charge on any atom is -0.0651 e. The molecule has 0 N–H and O–H groups in total. The summed E-state index contributed by atoms with van der Waals surface area (Å²) < 4.78 is 123. The first-order valence-electron chi connectivity index (χ1n) is 16.3. The molecule has 140 valence electrons. The zero-order valence-corrected chi connectivity index (χ0v) is 15.4. The van der Waals surface area contributed by atoms with E-state index in [1.807, 2.05) is 0 Å². The first-order chi connectivity index (χ1) is 18.8. The molecule has 0 spiro atoms. The van der Waals surface area contributed by atoms with E-state index < -0.39 is 39.7 Å². The minimum absolute atomic E-state index is 0.0203. The second kappa shape index (κ2) is 8.57. The molecule has 0 saturated carbocycles. The summed E-state index contributed by atoms with van der Waals surface area (Å²) in [5.41, 5.74) is -1.20. The number of hydrogen-bond donors (Lipinski definition) is 0. The molecule has 0 fully saturated rings. The second-order valence-electron chi connectivity index (χ2n) is 6.47. The van der Waals surface area contributed by atoms with Gasteiger partial charge in [0, 0.05) is 20.6 Å². The highest BCUT2D eigenvalue weighted by Gasteiger charge is 2.05. The minimum atomic E-state index is -2.78. The summed E-state index contributed by atoms with van der Waals surface area (Å²) in [5.74, 6) is 0. The lowest BCUT2D eigenvalue weighted by atomic mass is 9.94. The van der Waals surface area contributed by atoms with Gasteiger partial charge in [0.15, 0.2) is 0 Å². The van der Waals surface area contributed by atoms with Gasteiger partial charge in [0.05, 0.1) is 0 Å². The molecule has 3 aromatic carbocycles. The summed E-state index contributed by atoms with van der Waals surface area (Å²) in [6, 6.07) is 10.8. The van der Waals surface area contributed by atoms with Gasteiger partial charge < -0.3 is 0 Å². The highest BCUT2D eigenvalue weighted by Crippen LogP contribution is 2.20. The lowest BCUT2D eigenvalue weighted by Gasteiger charge is -2.11. The average Bonchev–Trinajstić information content (AvgIpc) is 2.86. The van der Waals surface area contributed by atoms with Crippen molar-refractivity contribution in [3.63, 3.8) is 0 Å². The summed E-state index contributed by atoms with van der Waals surface area (Å²) in [4.78, 5) is 0. The first-order valence-corrected chi connectivity index (χ1v) is 8.76. The van der Waals surface area contributed by atoms with Crippen LogP contribution in [0.25, 0.3) is 0 Å². The van der Waals surface area contributed by atoms with Crippen molar-refractivity contribution in [1.29, 1.82) is 0 Å². The van der Waals surface area contributed by atoms with Crippen LogP contribution in [0.3, 0.4) is 0 Å². The third kappa shape index (κ3) is 5.57. The van der Waals surface area contributed by atoms with Crippen molar-refractivity contribution in [2.24, 2.45) is 0 Å². The molecule has 0 amide bonds. The molecule has 3 aromatic rings. The third-order valence-electron chi connectivity index (χ3n) is 3.90. The van der Waals surface area contributed by atoms with Crippen molar-refractivity contribution < 1.29 is 20.6 Å². The topological polar surface area (TPSA) is 0 Å². The van der Waals surface area contributed by atoms with Crippen molar-refractivity contribution in [3.8, 4) is 0 Å². The molecular formula is C27H32. The average molecular weight is 372 g/mol. The monoisotopic (exact) mass is 371 g/mol. The molecular weight excluding hydrogens is 324 g/mol. The molecule has 27 heavy (non-hydrogen) atoms. The molecule has 0 heterocycles. The van der Waals surface area contributed by atoms with Crippen molar-refractivity contribution in [3.05, 3.63) is 105 Å². The lowest BCUT2D eigenvalue weighted by molar-refractivity contribution is 0.916. The Labute approximate surface area is 186 Å². The van der Waals surface area contributed by atoms with Crippen molar-refractivity contribution in [2.75, 3.05) is 0 Å². The SMILES string of the molecule is [2H]C([2H])([2H])c1cc(C)cc(C([2H])([2H])c2cc(C([2H])([2H])[2H])cc(C([2H])([2H])c3cc(C([2H])([2H])[2H])cc(C([2H])([2H])CC)c3)c2)c1. The van der Waals surface area contributed by atoms with Gasteiger partial charge in [0.2, 0.25) is 0 Å². The standard InChI is InChI=1S/C27H32/c1-6-7-23-9-21(4)12-25(15-23)17-27-14-22(5)13-26(18-27)16-24-10-19(2)8-20(3)11-24/h8-15,18H,6-7,16-17H2,1-5H3/i2D3,4D3,5D3,7D2,16D2,17D2. The van der Waals surface area contributed by atoms with E-state index >= 15 is 0 Å². The third-order valence-corrected chi connectivity index (χ3v) is 3.90. The Morgan fingerprint density at radius 2 is 1.00 bits per heavy atom. The molecule has 0 radical (unpaired) electrons. The molecule has 0 atom stereocenters. The van der Waals surface area contributed by atoms with Crippen LogP contribution in [0.4, 0.5) is 0 Å². The molecule has 0 bridgehead atoms. The van der Waals surface area contributed by atoms with E-state index in [1.165, 1.54) is 30.3 Å². The summed E-state index contributed by atoms with van der Waals surface area (Å²) >= 11 is 0. The fraction of sp³-hybridized carbons (Fsp3) is 0.333. The van der Waals surface area contributed by atoms with Gasteiger partial charge in [-0.2, -0.15) is 0 Å². The van der Waals surface area contributed by atoms with E-state index in [0.29, 0.717) is 5.56 Å². The molecule has 0 aliphatic carbocycles. The molecule has 0 aliphatic rings. The number of hydrogen-bond acceptors (Lipinski definition) is 0. The van der Waals surface area contributed by atoms with Crippen LogP contribution in [-0.4, -0.2) is 0 Å². The Bertz CT molecular complexity index is 1460. The Morgan fingerprint density at radius 3 is 1.52 bits per heavy atom. The van der Waals surface area contributed by atoms with Gasteiger partial charge in [0.1, 0.15) is 0 Å². The Balaban J connectivity index is 2.34. The number of rotatable bonds is 6. The number of benzene rings is 3. The van der Waals surface area contributed by atoms with Crippen LogP contribution in [0.1, 0.15) is 84.0 Å². The molecule has 0 aromatic heterocycles. The smallest absolute Gasteiger partial charge is 0.0366 e. The van der Waals surface area contributed by atoms with E-state index in [2.05, 4.69) is 0 Å². The van der Waals surface area contributed by atoms with Crippen molar-refractivity contribution in [2.45, 2.75) is 59.9 Å². The highest BCUT2D eigenvalue weighted by atomic mass is 14.1. The van der Waals surface area contributed by atoms with Gasteiger partial charge in [0.25, 0.3) is 0 Å². The molecule has 0 heteroatoms. The van der Waals surface area contributed by atoms with E-state index in [0.717, 1.165) is 24.3 Å². The van der Waals surface area contributed by atoms with Crippen LogP contribution in [0, 0.1) is 27.5 Å². The van der Waals surface area contributed by atoms with Crippen molar-refractivity contribution >= 4 is 0 Å². The molecule has 0 unspecified atom stereocenters.